The molecule has 1 aromatic carbocycles. The molecule has 150 valence electrons. The second-order valence-corrected chi connectivity index (χ2v) is 6.92. The highest BCUT2D eigenvalue weighted by Crippen LogP contribution is 2.18. The zero-order chi connectivity index (χ0) is 18.9. The highest BCUT2D eigenvalue weighted by atomic mass is 127. The van der Waals surface area contributed by atoms with Gasteiger partial charge in [-0.2, -0.15) is 0 Å². The van der Waals surface area contributed by atoms with Crippen LogP contribution in [0.4, 0.5) is 4.39 Å². The molecular weight excluding hydrogens is 458 g/mol. The Hall–Kier alpha value is -1.64. The second kappa shape index (κ2) is 11.9. The van der Waals surface area contributed by atoms with Crippen molar-refractivity contribution in [2.45, 2.75) is 46.1 Å². The molecule has 0 spiro atoms. The monoisotopic (exact) mass is 488 g/mol. The van der Waals surface area contributed by atoms with E-state index in [0.29, 0.717) is 30.8 Å². The summed E-state index contributed by atoms with van der Waals surface area (Å²) in [4.78, 5) is 8.72. The summed E-state index contributed by atoms with van der Waals surface area (Å²) in [7, 11) is 1.77. The van der Waals surface area contributed by atoms with E-state index in [1.807, 2.05) is 0 Å². The molecular formula is C20H30FIN4O. The molecule has 0 saturated carbocycles. The van der Waals surface area contributed by atoms with Gasteiger partial charge in [-0.25, -0.2) is 9.37 Å². The van der Waals surface area contributed by atoms with Gasteiger partial charge in [0.15, 0.2) is 5.96 Å². The highest BCUT2D eigenvalue weighted by molar-refractivity contribution is 14.0. The van der Waals surface area contributed by atoms with Crippen LogP contribution in [0.2, 0.25) is 0 Å². The quantitative estimate of drug-likeness (QED) is 0.323. The zero-order valence-electron chi connectivity index (χ0n) is 16.5. The van der Waals surface area contributed by atoms with Crippen LogP contribution in [0.1, 0.15) is 39.3 Å². The van der Waals surface area contributed by atoms with Crippen LogP contribution in [-0.4, -0.2) is 30.6 Å². The lowest BCUT2D eigenvalue weighted by atomic mass is 10.0. The van der Waals surface area contributed by atoms with Gasteiger partial charge in [0.1, 0.15) is 12.1 Å². The molecule has 0 aliphatic rings. The minimum absolute atomic E-state index is 0. The first-order valence-corrected chi connectivity index (χ1v) is 9.15. The number of guanidine groups is 1. The van der Waals surface area contributed by atoms with E-state index in [0.717, 1.165) is 23.6 Å². The molecule has 0 radical (unpaired) electrons. The molecule has 0 saturated heterocycles. The van der Waals surface area contributed by atoms with Gasteiger partial charge in [0, 0.05) is 31.6 Å². The lowest BCUT2D eigenvalue weighted by molar-refractivity contribution is 0.489. The summed E-state index contributed by atoms with van der Waals surface area (Å²) in [6.45, 7) is 7.34. The van der Waals surface area contributed by atoms with Gasteiger partial charge in [-0.3, -0.25) is 4.99 Å². The van der Waals surface area contributed by atoms with Crippen LogP contribution in [0.5, 0.6) is 0 Å². The van der Waals surface area contributed by atoms with Gasteiger partial charge in [-0.1, -0.05) is 13.8 Å². The topological polar surface area (TPSA) is 62.5 Å². The van der Waals surface area contributed by atoms with Crippen LogP contribution in [0.3, 0.4) is 0 Å². The third-order valence-electron chi connectivity index (χ3n) is 4.10. The van der Waals surface area contributed by atoms with E-state index in [1.54, 1.807) is 25.4 Å². The Kier molecular flexibility index (Phi) is 10.4. The molecule has 1 atom stereocenters. The maximum Gasteiger partial charge on any atom is 0.226 e. The fraction of sp³-hybridized carbons (Fsp3) is 0.500. The van der Waals surface area contributed by atoms with Gasteiger partial charge in [0.2, 0.25) is 5.89 Å². The number of aromatic nitrogens is 1. The van der Waals surface area contributed by atoms with Gasteiger partial charge in [-0.05, 0) is 49.9 Å². The molecule has 5 nitrogen and oxygen atoms in total. The Morgan fingerprint density at radius 1 is 1.19 bits per heavy atom. The van der Waals surface area contributed by atoms with E-state index in [4.69, 9.17) is 4.42 Å². The van der Waals surface area contributed by atoms with Gasteiger partial charge < -0.3 is 15.1 Å². The third-order valence-corrected chi connectivity index (χ3v) is 4.10. The van der Waals surface area contributed by atoms with E-state index in [1.165, 1.54) is 18.6 Å². The first kappa shape index (κ1) is 23.4. The molecule has 1 aromatic heterocycles. The summed E-state index contributed by atoms with van der Waals surface area (Å²) in [6, 6.07) is 6.50. The van der Waals surface area contributed by atoms with Crippen molar-refractivity contribution in [2.24, 2.45) is 10.9 Å². The first-order chi connectivity index (χ1) is 12.5. The van der Waals surface area contributed by atoms with Gasteiger partial charge >= 0.3 is 0 Å². The standard InChI is InChI=1S/C20H29FN4O.HI/c1-14(2)5-6-15(3)24-20(22-4)23-12-11-18-13-26-19(25-18)16-7-9-17(21)10-8-16;/h7-10,13-15H,5-6,11-12H2,1-4H3,(H2,22,23,24);1H. The predicted molar refractivity (Wildman–Crippen MR) is 119 cm³/mol. The minimum atomic E-state index is -0.272. The SMILES string of the molecule is CN=C(NCCc1coc(-c2ccc(F)cc2)n1)NC(C)CCC(C)C.I. The van der Waals surface area contributed by atoms with Gasteiger partial charge in [-0.15, -0.1) is 24.0 Å². The van der Waals surface area contributed by atoms with Crippen molar-refractivity contribution in [3.8, 4) is 11.5 Å². The number of nitrogens with one attached hydrogen (secondary N) is 2. The summed E-state index contributed by atoms with van der Waals surface area (Å²) in [5.41, 5.74) is 1.61. The molecule has 0 bridgehead atoms. The minimum Gasteiger partial charge on any atom is -0.444 e. The molecule has 0 aliphatic carbocycles. The molecule has 27 heavy (non-hydrogen) atoms. The zero-order valence-corrected chi connectivity index (χ0v) is 18.8. The number of rotatable bonds is 8. The van der Waals surface area contributed by atoms with Crippen molar-refractivity contribution in [2.75, 3.05) is 13.6 Å². The van der Waals surface area contributed by atoms with Crippen molar-refractivity contribution < 1.29 is 8.81 Å². The molecule has 0 fully saturated rings. The number of aliphatic imine (C=N–C) groups is 1. The summed E-state index contributed by atoms with van der Waals surface area (Å²) >= 11 is 0. The summed E-state index contributed by atoms with van der Waals surface area (Å²) in [5.74, 6) is 1.73. The van der Waals surface area contributed by atoms with Gasteiger partial charge in [0.25, 0.3) is 0 Å². The van der Waals surface area contributed by atoms with Crippen molar-refractivity contribution in [3.05, 3.63) is 42.0 Å². The normalized spacial score (nSPS) is 12.6. The Balaban J connectivity index is 0.00000364. The van der Waals surface area contributed by atoms with Crippen LogP contribution in [0.25, 0.3) is 11.5 Å². The summed E-state index contributed by atoms with van der Waals surface area (Å²) in [5, 5.41) is 6.70. The number of oxazole rings is 1. The molecule has 0 aliphatic heterocycles. The van der Waals surface area contributed by atoms with Crippen LogP contribution in [0.15, 0.2) is 39.9 Å². The largest absolute Gasteiger partial charge is 0.444 e. The van der Waals surface area contributed by atoms with E-state index >= 15 is 0 Å². The van der Waals surface area contributed by atoms with Crippen molar-refractivity contribution >= 4 is 29.9 Å². The Bertz CT molecular complexity index is 700. The summed E-state index contributed by atoms with van der Waals surface area (Å²) < 4.78 is 18.5. The average molecular weight is 488 g/mol. The highest BCUT2D eigenvalue weighted by Gasteiger charge is 2.09. The Labute approximate surface area is 178 Å². The molecule has 2 N–H and O–H groups in total. The molecule has 1 heterocycles. The van der Waals surface area contributed by atoms with Crippen LogP contribution < -0.4 is 10.6 Å². The van der Waals surface area contributed by atoms with Crippen molar-refractivity contribution in [1.82, 2.24) is 15.6 Å². The Morgan fingerprint density at radius 3 is 2.52 bits per heavy atom. The van der Waals surface area contributed by atoms with E-state index in [9.17, 15) is 4.39 Å². The molecule has 2 rings (SSSR count). The average Bonchev–Trinajstić information content (AvgIpc) is 3.08. The van der Waals surface area contributed by atoms with Crippen LogP contribution >= 0.6 is 24.0 Å². The van der Waals surface area contributed by atoms with Crippen molar-refractivity contribution in [3.63, 3.8) is 0 Å². The predicted octanol–water partition coefficient (Wildman–Crippen LogP) is 4.63. The first-order valence-electron chi connectivity index (χ1n) is 9.15. The van der Waals surface area contributed by atoms with Crippen LogP contribution in [0, 0.1) is 11.7 Å². The summed E-state index contributed by atoms with van der Waals surface area (Å²) in [6.07, 6.45) is 4.66. The number of hydrogen-bond acceptors (Lipinski definition) is 3. The fourth-order valence-corrected chi connectivity index (χ4v) is 2.54. The lowest BCUT2D eigenvalue weighted by Crippen LogP contribution is -2.43. The van der Waals surface area contributed by atoms with Crippen LogP contribution in [-0.2, 0) is 6.42 Å². The lowest BCUT2D eigenvalue weighted by Gasteiger charge is -2.18. The Morgan fingerprint density at radius 2 is 1.89 bits per heavy atom. The van der Waals surface area contributed by atoms with Crippen molar-refractivity contribution in [1.29, 1.82) is 0 Å². The fourth-order valence-electron chi connectivity index (χ4n) is 2.54. The molecule has 2 aromatic rings. The molecule has 7 heteroatoms. The van der Waals surface area contributed by atoms with E-state index < -0.39 is 0 Å². The second-order valence-electron chi connectivity index (χ2n) is 6.92. The third kappa shape index (κ3) is 8.28. The number of nitrogens with zero attached hydrogens (tertiary/aromatic N) is 2. The smallest absolute Gasteiger partial charge is 0.226 e. The van der Waals surface area contributed by atoms with E-state index in [2.05, 4.69) is 41.4 Å². The maximum absolute atomic E-state index is 13.0. The molecule has 1 unspecified atom stereocenters. The van der Waals surface area contributed by atoms with E-state index in [-0.39, 0.29) is 29.8 Å². The number of hydrogen-bond donors (Lipinski definition) is 2. The number of halogens is 2. The molecule has 0 amide bonds. The maximum atomic E-state index is 13.0. The van der Waals surface area contributed by atoms with Gasteiger partial charge in [0.05, 0.1) is 5.69 Å². The number of benzene rings is 1.